The Labute approximate surface area is 183 Å². The summed E-state index contributed by atoms with van der Waals surface area (Å²) in [4.78, 5) is 14.4. The molecule has 1 heterocycles. The topological polar surface area (TPSA) is 91.3 Å². The number of nitrogens with zero attached hydrogens (tertiary/aromatic N) is 3. The zero-order valence-electron chi connectivity index (χ0n) is 17.8. The number of benzene rings is 2. The van der Waals surface area contributed by atoms with E-state index in [4.69, 9.17) is 4.74 Å². The van der Waals surface area contributed by atoms with Crippen molar-refractivity contribution in [2.45, 2.75) is 18.7 Å². The minimum absolute atomic E-state index is 0.156. The summed E-state index contributed by atoms with van der Waals surface area (Å²) < 4.78 is 32.5. The molecular weight excluding hydrogens is 416 g/mol. The van der Waals surface area contributed by atoms with Gasteiger partial charge in [0.25, 0.3) is 5.91 Å². The van der Waals surface area contributed by atoms with Crippen molar-refractivity contribution in [2.24, 2.45) is 5.10 Å². The van der Waals surface area contributed by atoms with Gasteiger partial charge >= 0.3 is 0 Å². The minimum atomic E-state index is -3.51. The molecule has 3 rings (SSSR count). The van der Waals surface area contributed by atoms with E-state index in [0.717, 1.165) is 11.1 Å². The quantitative estimate of drug-likeness (QED) is 0.496. The van der Waals surface area contributed by atoms with Crippen LogP contribution in [0, 0.1) is 6.92 Å². The standard InChI is InChI=1S/C22H28N4O4S/c1-3-30-21-7-5-4-6-19(21)16-23-24-22(27)17-25-12-14-26(15-13-25)31(28,29)20-10-8-18(2)9-11-20/h4-11,16H,3,12-15,17H2,1-2H3,(H,24,27)/b23-16+. The summed E-state index contributed by atoms with van der Waals surface area (Å²) in [7, 11) is -3.51. The van der Waals surface area contributed by atoms with E-state index < -0.39 is 10.0 Å². The number of piperazine rings is 1. The Morgan fingerprint density at radius 3 is 2.45 bits per heavy atom. The predicted molar refractivity (Wildman–Crippen MR) is 120 cm³/mol. The molecule has 0 saturated carbocycles. The molecule has 31 heavy (non-hydrogen) atoms. The van der Waals surface area contributed by atoms with Crippen LogP contribution in [-0.4, -0.2) is 69.1 Å². The average Bonchev–Trinajstić information content (AvgIpc) is 2.76. The zero-order valence-corrected chi connectivity index (χ0v) is 18.6. The van der Waals surface area contributed by atoms with E-state index in [-0.39, 0.29) is 12.5 Å². The number of carbonyl (C=O) groups excluding carboxylic acids is 1. The number of hydrogen-bond acceptors (Lipinski definition) is 6. The van der Waals surface area contributed by atoms with Crippen LogP contribution < -0.4 is 10.2 Å². The second-order valence-corrected chi connectivity index (χ2v) is 9.20. The maximum atomic E-state index is 12.8. The predicted octanol–water partition coefficient (Wildman–Crippen LogP) is 1.85. The van der Waals surface area contributed by atoms with Crippen LogP contribution in [0.2, 0.25) is 0 Å². The van der Waals surface area contributed by atoms with Crippen LogP contribution in [0.25, 0.3) is 0 Å². The average molecular weight is 445 g/mol. The number of amides is 1. The Kier molecular flexibility index (Phi) is 7.78. The summed E-state index contributed by atoms with van der Waals surface area (Å²) >= 11 is 0. The largest absolute Gasteiger partial charge is 0.493 e. The Hall–Kier alpha value is -2.75. The first-order chi connectivity index (χ1) is 14.9. The number of hydrazone groups is 1. The lowest BCUT2D eigenvalue weighted by atomic mass is 10.2. The summed E-state index contributed by atoms with van der Waals surface area (Å²) in [6, 6.07) is 14.3. The van der Waals surface area contributed by atoms with E-state index in [9.17, 15) is 13.2 Å². The molecule has 9 heteroatoms. The molecule has 0 radical (unpaired) electrons. The van der Waals surface area contributed by atoms with Gasteiger partial charge in [0.2, 0.25) is 10.0 Å². The highest BCUT2D eigenvalue weighted by Gasteiger charge is 2.28. The lowest BCUT2D eigenvalue weighted by Gasteiger charge is -2.33. The van der Waals surface area contributed by atoms with Gasteiger partial charge in [-0.25, -0.2) is 13.8 Å². The third-order valence-electron chi connectivity index (χ3n) is 4.97. The van der Waals surface area contributed by atoms with Crippen LogP contribution in [0.5, 0.6) is 5.75 Å². The van der Waals surface area contributed by atoms with E-state index in [0.29, 0.717) is 43.4 Å². The summed E-state index contributed by atoms with van der Waals surface area (Å²) in [5.74, 6) is 0.453. The monoisotopic (exact) mass is 444 g/mol. The highest BCUT2D eigenvalue weighted by molar-refractivity contribution is 7.89. The van der Waals surface area contributed by atoms with Gasteiger partial charge in [-0.1, -0.05) is 29.8 Å². The molecule has 2 aromatic carbocycles. The Morgan fingerprint density at radius 2 is 1.77 bits per heavy atom. The van der Waals surface area contributed by atoms with Crippen molar-refractivity contribution in [3.8, 4) is 5.75 Å². The van der Waals surface area contributed by atoms with Crippen molar-refractivity contribution < 1.29 is 17.9 Å². The molecule has 0 bridgehead atoms. The fraction of sp³-hybridized carbons (Fsp3) is 0.364. The molecule has 1 saturated heterocycles. The molecule has 1 aliphatic rings. The maximum absolute atomic E-state index is 12.8. The lowest BCUT2D eigenvalue weighted by Crippen LogP contribution is -2.50. The molecule has 1 amide bonds. The normalized spacial score (nSPS) is 15.8. The molecule has 0 atom stereocenters. The summed E-state index contributed by atoms with van der Waals surface area (Å²) in [6.45, 7) is 6.17. The van der Waals surface area contributed by atoms with Gasteiger partial charge in [0, 0.05) is 31.7 Å². The minimum Gasteiger partial charge on any atom is -0.493 e. The first-order valence-corrected chi connectivity index (χ1v) is 11.7. The number of aryl methyl sites for hydroxylation is 1. The second kappa shape index (κ2) is 10.5. The fourth-order valence-electron chi connectivity index (χ4n) is 3.27. The molecule has 166 valence electrons. The molecule has 1 N–H and O–H groups in total. The van der Waals surface area contributed by atoms with Crippen molar-refractivity contribution >= 4 is 22.1 Å². The van der Waals surface area contributed by atoms with Gasteiger partial charge in [-0.05, 0) is 38.1 Å². The van der Waals surface area contributed by atoms with Crippen LogP contribution >= 0.6 is 0 Å². The molecule has 2 aromatic rings. The van der Waals surface area contributed by atoms with Crippen LogP contribution in [0.4, 0.5) is 0 Å². The molecular formula is C22H28N4O4S. The Morgan fingerprint density at radius 1 is 1.10 bits per heavy atom. The maximum Gasteiger partial charge on any atom is 0.254 e. The number of hydrogen-bond donors (Lipinski definition) is 1. The second-order valence-electron chi connectivity index (χ2n) is 7.26. The lowest BCUT2D eigenvalue weighted by molar-refractivity contribution is -0.122. The van der Waals surface area contributed by atoms with Gasteiger partial charge in [-0.2, -0.15) is 9.41 Å². The highest BCUT2D eigenvalue weighted by Crippen LogP contribution is 2.18. The fourth-order valence-corrected chi connectivity index (χ4v) is 4.70. The smallest absolute Gasteiger partial charge is 0.254 e. The van der Waals surface area contributed by atoms with Crippen molar-refractivity contribution in [3.05, 3.63) is 59.7 Å². The van der Waals surface area contributed by atoms with Gasteiger partial charge < -0.3 is 4.74 Å². The Bertz CT molecular complexity index is 1010. The van der Waals surface area contributed by atoms with E-state index in [1.807, 2.05) is 43.0 Å². The number of rotatable bonds is 8. The first-order valence-electron chi connectivity index (χ1n) is 10.2. The van der Waals surface area contributed by atoms with Gasteiger partial charge in [0.15, 0.2) is 0 Å². The van der Waals surface area contributed by atoms with E-state index in [2.05, 4.69) is 10.5 Å². The van der Waals surface area contributed by atoms with Crippen molar-refractivity contribution in [1.29, 1.82) is 0 Å². The van der Waals surface area contributed by atoms with Gasteiger partial charge in [-0.3, -0.25) is 9.69 Å². The van der Waals surface area contributed by atoms with Crippen LogP contribution in [0.15, 0.2) is 58.5 Å². The number of nitrogens with one attached hydrogen (secondary N) is 1. The van der Waals surface area contributed by atoms with Gasteiger partial charge in [-0.15, -0.1) is 0 Å². The zero-order chi connectivity index (χ0) is 22.3. The molecule has 0 unspecified atom stereocenters. The first kappa shape index (κ1) is 22.9. The summed E-state index contributed by atoms with van der Waals surface area (Å²) in [6.07, 6.45) is 1.55. The molecule has 8 nitrogen and oxygen atoms in total. The van der Waals surface area contributed by atoms with E-state index >= 15 is 0 Å². The molecule has 0 aliphatic carbocycles. The number of ether oxygens (including phenoxy) is 1. The summed E-state index contributed by atoms with van der Waals surface area (Å²) in [5.41, 5.74) is 4.31. The SMILES string of the molecule is CCOc1ccccc1/C=N/NC(=O)CN1CCN(S(=O)(=O)c2ccc(C)cc2)CC1. The van der Waals surface area contributed by atoms with Crippen LogP contribution in [0.3, 0.4) is 0 Å². The molecule has 0 spiro atoms. The van der Waals surface area contributed by atoms with Crippen LogP contribution in [-0.2, 0) is 14.8 Å². The van der Waals surface area contributed by atoms with Gasteiger partial charge in [0.1, 0.15) is 5.75 Å². The van der Waals surface area contributed by atoms with Crippen molar-refractivity contribution in [1.82, 2.24) is 14.6 Å². The molecule has 1 aliphatic heterocycles. The number of sulfonamides is 1. The van der Waals surface area contributed by atoms with Crippen molar-refractivity contribution in [3.63, 3.8) is 0 Å². The molecule has 1 fully saturated rings. The van der Waals surface area contributed by atoms with Crippen LogP contribution in [0.1, 0.15) is 18.1 Å². The van der Waals surface area contributed by atoms with E-state index in [1.165, 1.54) is 4.31 Å². The number of para-hydroxylation sites is 1. The third kappa shape index (κ3) is 6.13. The summed E-state index contributed by atoms with van der Waals surface area (Å²) in [5, 5.41) is 4.01. The number of carbonyl (C=O) groups is 1. The highest BCUT2D eigenvalue weighted by atomic mass is 32.2. The van der Waals surface area contributed by atoms with Gasteiger partial charge in [0.05, 0.1) is 24.3 Å². The van der Waals surface area contributed by atoms with E-state index in [1.54, 1.807) is 30.5 Å². The molecule has 0 aromatic heterocycles. The third-order valence-corrected chi connectivity index (χ3v) is 6.88. The van der Waals surface area contributed by atoms with Crippen molar-refractivity contribution in [2.75, 3.05) is 39.3 Å². The Balaban J connectivity index is 1.48.